The number of esters is 1. The molecule has 0 aliphatic rings. The molecule has 0 unspecified atom stereocenters. The second kappa shape index (κ2) is 7.67. The molecule has 4 heteroatoms. The van der Waals surface area contributed by atoms with Crippen molar-refractivity contribution in [2.24, 2.45) is 0 Å². The van der Waals surface area contributed by atoms with Gasteiger partial charge in [0.2, 0.25) is 0 Å². The number of carbonyl (C=O) groups is 1. The van der Waals surface area contributed by atoms with Crippen LogP contribution in [-0.4, -0.2) is 18.5 Å². The Hall–Kier alpha value is -1.71. The van der Waals surface area contributed by atoms with Crippen molar-refractivity contribution in [3.63, 3.8) is 0 Å². The van der Waals surface area contributed by atoms with Gasteiger partial charge in [-0.25, -0.2) is 13.6 Å². The normalized spacial score (nSPS) is 12.1. The van der Waals surface area contributed by atoms with Crippen molar-refractivity contribution in [3.05, 3.63) is 47.5 Å². The summed E-state index contributed by atoms with van der Waals surface area (Å²) in [6, 6.07) is 8.16. The quantitative estimate of drug-likeness (QED) is 0.570. The lowest BCUT2D eigenvalue weighted by Crippen LogP contribution is -2.25. The molecule has 0 radical (unpaired) electrons. The molecule has 104 valence electrons. The molecule has 0 fully saturated rings. The SMILES string of the molecule is CC(C)=CCC[C@H](OC(=O)c1ccccc1)C(F)F. The number of halogens is 2. The highest BCUT2D eigenvalue weighted by Crippen LogP contribution is 2.15. The topological polar surface area (TPSA) is 26.3 Å². The molecule has 0 saturated heterocycles. The summed E-state index contributed by atoms with van der Waals surface area (Å²) in [5, 5.41) is 0. The average Bonchev–Trinajstić information content (AvgIpc) is 2.37. The Morgan fingerprint density at radius 2 is 1.89 bits per heavy atom. The van der Waals surface area contributed by atoms with E-state index >= 15 is 0 Å². The van der Waals surface area contributed by atoms with E-state index in [0.717, 1.165) is 5.57 Å². The van der Waals surface area contributed by atoms with Crippen LogP contribution in [0.15, 0.2) is 42.0 Å². The highest BCUT2D eigenvalue weighted by molar-refractivity contribution is 5.89. The number of carbonyl (C=O) groups excluding carboxylic acids is 1. The van der Waals surface area contributed by atoms with Crippen LogP contribution in [0.2, 0.25) is 0 Å². The predicted molar refractivity (Wildman–Crippen MR) is 70.3 cm³/mol. The summed E-state index contributed by atoms with van der Waals surface area (Å²) in [4.78, 5) is 11.7. The molecule has 0 aliphatic heterocycles. The Bertz CT molecular complexity index is 423. The van der Waals surface area contributed by atoms with Crippen LogP contribution >= 0.6 is 0 Å². The van der Waals surface area contributed by atoms with Gasteiger partial charge < -0.3 is 4.74 Å². The largest absolute Gasteiger partial charge is 0.453 e. The Morgan fingerprint density at radius 1 is 1.26 bits per heavy atom. The van der Waals surface area contributed by atoms with Crippen LogP contribution in [0.4, 0.5) is 8.78 Å². The summed E-state index contributed by atoms with van der Waals surface area (Å²) >= 11 is 0. The maximum atomic E-state index is 12.8. The van der Waals surface area contributed by atoms with E-state index in [1.807, 2.05) is 19.9 Å². The molecule has 0 amide bonds. The van der Waals surface area contributed by atoms with E-state index in [1.54, 1.807) is 30.3 Å². The minimum atomic E-state index is -2.67. The van der Waals surface area contributed by atoms with Crippen molar-refractivity contribution >= 4 is 5.97 Å². The number of allylic oxidation sites excluding steroid dienone is 2. The van der Waals surface area contributed by atoms with E-state index in [4.69, 9.17) is 4.74 Å². The van der Waals surface area contributed by atoms with Gasteiger partial charge in [-0.05, 0) is 38.8 Å². The lowest BCUT2D eigenvalue weighted by molar-refractivity contribution is -0.0361. The maximum absolute atomic E-state index is 12.8. The van der Waals surface area contributed by atoms with E-state index < -0.39 is 18.5 Å². The van der Waals surface area contributed by atoms with Crippen LogP contribution in [0.1, 0.15) is 37.0 Å². The van der Waals surface area contributed by atoms with Crippen LogP contribution in [-0.2, 0) is 4.74 Å². The zero-order chi connectivity index (χ0) is 14.3. The molecule has 19 heavy (non-hydrogen) atoms. The molecule has 0 aliphatic carbocycles. The zero-order valence-electron chi connectivity index (χ0n) is 11.1. The van der Waals surface area contributed by atoms with Crippen molar-refractivity contribution in [1.29, 1.82) is 0 Å². The maximum Gasteiger partial charge on any atom is 0.338 e. The van der Waals surface area contributed by atoms with Gasteiger partial charge >= 0.3 is 5.97 Å². The highest BCUT2D eigenvalue weighted by Gasteiger charge is 2.24. The summed E-state index contributed by atoms with van der Waals surface area (Å²) in [5.74, 6) is -0.705. The number of hydrogen-bond donors (Lipinski definition) is 0. The molecule has 0 aromatic heterocycles. The summed E-state index contributed by atoms with van der Waals surface area (Å²) in [7, 11) is 0. The minimum absolute atomic E-state index is 0.126. The van der Waals surface area contributed by atoms with Crippen LogP contribution < -0.4 is 0 Å². The summed E-state index contributed by atoms with van der Waals surface area (Å²) < 4.78 is 30.5. The molecule has 0 heterocycles. The Kier molecular flexibility index (Phi) is 6.19. The van der Waals surface area contributed by atoms with E-state index in [-0.39, 0.29) is 12.0 Å². The fourth-order valence-corrected chi connectivity index (χ4v) is 1.55. The van der Waals surface area contributed by atoms with Crippen LogP contribution in [0.3, 0.4) is 0 Å². The van der Waals surface area contributed by atoms with Crippen molar-refractivity contribution in [3.8, 4) is 0 Å². The average molecular weight is 268 g/mol. The van der Waals surface area contributed by atoms with Gasteiger partial charge in [0.25, 0.3) is 6.43 Å². The third-order valence-corrected chi connectivity index (χ3v) is 2.55. The summed E-state index contributed by atoms with van der Waals surface area (Å²) in [6.07, 6.45) is -1.58. The molecule has 1 rings (SSSR count). The van der Waals surface area contributed by atoms with Crippen LogP contribution in [0, 0.1) is 0 Å². The fourth-order valence-electron chi connectivity index (χ4n) is 1.55. The van der Waals surface area contributed by atoms with Gasteiger partial charge in [0.15, 0.2) is 6.10 Å². The van der Waals surface area contributed by atoms with Crippen molar-refractivity contribution in [2.75, 3.05) is 0 Å². The molecule has 0 bridgehead atoms. The summed E-state index contributed by atoms with van der Waals surface area (Å²) in [6.45, 7) is 3.79. The number of benzene rings is 1. The number of hydrogen-bond acceptors (Lipinski definition) is 2. The van der Waals surface area contributed by atoms with Crippen molar-refractivity contribution < 1.29 is 18.3 Å². The lowest BCUT2D eigenvalue weighted by atomic mass is 10.1. The smallest absolute Gasteiger partial charge is 0.338 e. The molecule has 0 saturated carbocycles. The first-order valence-corrected chi connectivity index (χ1v) is 6.18. The fraction of sp³-hybridized carbons (Fsp3) is 0.400. The van der Waals surface area contributed by atoms with Crippen LogP contribution in [0.25, 0.3) is 0 Å². The van der Waals surface area contributed by atoms with Crippen molar-refractivity contribution in [1.82, 2.24) is 0 Å². The van der Waals surface area contributed by atoms with Crippen molar-refractivity contribution in [2.45, 2.75) is 39.2 Å². The number of rotatable bonds is 6. The van der Waals surface area contributed by atoms with Gasteiger partial charge in [-0.3, -0.25) is 0 Å². The monoisotopic (exact) mass is 268 g/mol. The Morgan fingerprint density at radius 3 is 2.42 bits per heavy atom. The first kappa shape index (κ1) is 15.3. The highest BCUT2D eigenvalue weighted by atomic mass is 19.3. The minimum Gasteiger partial charge on any atom is -0.453 e. The molecular weight excluding hydrogens is 250 g/mol. The first-order chi connectivity index (χ1) is 9.00. The predicted octanol–water partition coefficient (Wildman–Crippen LogP) is 4.22. The standard InChI is InChI=1S/C15H18F2O2/c1-11(2)7-6-10-13(14(16)17)19-15(18)12-8-4-3-5-9-12/h3-5,7-9,13-14H,6,10H2,1-2H3/t13-/m0/s1. The second-order valence-electron chi connectivity index (χ2n) is 4.50. The van der Waals surface area contributed by atoms with Gasteiger partial charge in [-0.1, -0.05) is 29.8 Å². The molecule has 1 aromatic rings. The van der Waals surface area contributed by atoms with Gasteiger partial charge in [-0.2, -0.15) is 0 Å². The molecule has 2 nitrogen and oxygen atoms in total. The number of alkyl halides is 2. The Labute approximate surface area is 112 Å². The van der Waals surface area contributed by atoms with E-state index in [2.05, 4.69) is 0 Å². The molecular formula is C15H18F2O2. The van der Waals surface area contributed by atoms with Crippen LogP contribution in [0.5, 0.6) is 0 Å². The van der Waals surface area contributed by atoms with E-state index in [9.17, 15) is 13.6 Å². The second-order valence-corrected chi connectivity index (χ2v) is 4.50. The number of ether oxygens (including phenoxy) is 1. The Balaban J connectivity index is 2.59. The third kappa shape index (κ3) is 5.64. The molecule has 0 N–H and O–H groups in total. The molecule has 1 atom stereocenters. The third-order valence-electron chi connectivity index (χ3n) is 2.55. The lowest BCUT2D eigenvalue weighted by Gasteiger charge is -2.16. The van der Waals surface area contributed by atoms with E-state index in [0.29, 0.717) is 6.42 Å². The van der Waals surface area contributed by atoms with Gasteiger partial charge in [0.1, 0.15) is 0 Å². The van der Waals surface area contributed by atoms with Gasteiger partial charge in [0.05, 0.1) is 5.56 Å². The van der Waals surface area contributed by atoms with Gasteiger partial charge in [0, 0.05) is 0 Å². The molecule has 0 spiro atoms. The zero-order valence-corrected chi connectivity index (χ0v) is 11.1. The summed E-state index contributed by atoms with van der Waals surface area (Å²) in [5.41, 5.74) is 1.35. The van der Waals surface area contributed by atoms with E-state index in [1.165, 1.54) is 0 Å². The molecule has 1 aromatic carbocycles. The van der Waals surface area contributed by atoms with Gasteiger partial charge in [-0.15, -0.1) is 0 Å². The first-order valence-electron chi connectivity index (χ1n) is 6.18.